The molecule has 3 nitrogen and oxygen atoms in total. The fraction of sp³-hybridized carbons (Fsp3) is 0.452. The molecule has 1 fully saturated rings. The molecule has 2 aliphatic carbocycles. The van der Waals surface area contributed by atoms with Crippen molar-refractivity contribution in [2.75, 3.05) is 0 Å². The minimum atomic E-state index is -0.640. The molecule has 3 aromatic rings. The van der Waals surface area contributed by atoms with Crippen molar-refractivity contribution in [1.82, 2.24) is 15.1 Å². The molecule has 6 heteroatoms. The van der Waals surface area contributed by atoms with E-state index in [2.05, 4.69) is 12.2 Å². The lowest BCUT2D eigenvalue weighted by molar-refractivity contribution is 0.297. The van der Waals surface area contributed by atoms with Gasteiger partial charge in [-0.25, -0.2) is 17.9 Å². The summed E-state index contributed by atoms with van der Waals surface area (Å²) in [6.45, 7) is 2.24. The van der Waals surface area contributed by atoms with Gasteiger partial charge in [0.05, 0.1) is 11.4 Å². The van der Waals surface area contributed by atoms with Crippen LogP contribution >= 0.6 is 0 Å². The first kappa shape index (κ1) is 25.6. The molecular weight excluding hydrogens is 471 g/mol. The van der Waals surface area contributed by atoms with E-state index in [4.69, 9.17) is 5.10 Å². The van der Waals surface area contributed by atoms with E-state index in [1.54, 1.807) is 16.8 Å². The minimum Gasteiger partial charge on any atom is -0.388 e. The molecule has 196 valence electrons. The third kappa shape index (κ3) is 5.94. The van der Waals surface area contributed by atoms with Crippen LogP contribution in [-0.2, 0) is 12.8 Å². The summed E-state index contributed by atoms with van der Waals surface area (Å²) < 4.78 is 44.4. The molecule has 0 amide bonds. The highest BCUT2D eigenvalue weighted by Crippen LogP contribution is 2.37. The maximum atomic E-state index is 15.0. The Morgan fingerprint density at radius 3 is 2.54 bits per heavy atom. The smallest absolute Gasteiger partial charge is 0.151 e. The Balaban J connectivity index is 1.50. The van der Waals surface area contributed by atoms with Gasteiger partial charge in [-0.1, -0.05) is 37.8 Å². The molecule has 0 aliphatic heterocycles. The minimum absolute atomic E-state index is 0.0486. The highest BCUT2D eigenvalue weighted by atomic mass is 19.1. The summed E-state index contributed by atoms with van der Waals surface area (Å²) >= 11 is 0. The van der Waals surface area contributed by atoms with Crippen molar-refractivity contribution < 1.29 is 13.2 Å². The summed E-state index contributed by atoms with van der Waals surface area (Å²) in [6, 6.07) is 10.7. The summed E-state index contributed by atoms with van der Waals surface area (Å²) in [7, 11) is 0. The van der Waals surface area contributed by atoms with Crippen molar-refractivity contribution in [2.24, 2.45) is 5.92 Å². The second kappa shape index (κ2) is 11.6. The lowest BCUT2D eigenvalue weighted by Gasteiger charge is -2.27. The summed E-state index contributed by atoms with van der Waals surface area (Å²) in [5.74, 6) is -0.786. The first-order chi connectivity index (χ1) is 18.0. The third-order valence-electron chi connectivity index (χ3n) is 8.14. The van der Waals surface area contributed by atoms with Crippen molar-refractivity contribution in [3.05, 3.63) is 88.6 Å². The Kier molecular flexibility index (Phi) is 8.02. The van der Waals surface area contributed by atoms with Crippen LogP contribution in [0.25, 0.3) is 11.8 Å². The van der Waals surface area contributed by atoms with Crippen LogP contribution < -0.4 is 5.32 Å². The maximum Gasteiger partial charge on any atom is 0.151 e. The Morgan fingerprint density at radius 1 is 0.973 bits per heavy atom. The molecule has 1 heterocycles. The van der Waals surface area contributed by atoms with Gasteiger partial charge < -0.3 is 5.32 Å². The maximum absolute atomic E-state index is 15.0. The highest BCUT2D eigenvalue weighted by Gasteiger charge is 2.28. The molecule has 0 saturated heterocycles. The van der Waals surface area contributed by atoms with E-state index in [0.29, 0.717) is 18.4 Å². The van der Waals surface area contributed by atoms with Crippen LogP contribution in [0, 0.1) is 23.4 Å². The van der Waals surface area contributed by atoms with E-state index in [1.165, 1.54) is 50.3 Å². The molecule has 2 atom stereocenters. The van der Waals surface area contributed by atoms with Crippen molar-refractivity contribution >= 4 is 6.08 Å². The number of hydrogen-bond acceptors (Lipinski definition) is 2. The van der Waals surface area contributed by atoms with Crippen LogP contribution in [0.15, 0.2) is 48.7 Å². The molecule has 37 heavy (non-hydrogen) atoms. The standard InChI is InChI=1S/C31H36F3N3/c1-21(23-9-3-2-4-10-23)35-17-16-29-27-13-6-5-11-24(18-22-8-7-12-25(32)19-22)31(27)37(36-29)30-15-14-26(33)20-28(30)34/h7-8,12,14-17,19-21,23-24,35H,2-6,9-11,13,18H2,1H3/b17-16+/t21-,24?/m0/s1. The second-order valence-corrected chi connectivity index (χ2v) is 10.7. The Hall–Kier alpha value is -3.02. The topological polar surface area (TPSA) is 29.9 Å². The monoisotopic (exact) mass is 507 g/mol. The van der Waals surface area contributed by atoms with Crippen molar-refractivity contribution in [3.8, 4) is 5.69 Å². The number of benzene rings is 2. The van der Waals surface area contributed by atoms with E-state index >= 15 is 4.39 Å². The summed E-state index contributed by atoms with van der Waals surface area (Å²) in [5.41, 5.74) is 4.02. The molecule has 2 aromatic carbocycles. The molecule has 5 rings (SSSR count). The van der Waals surface area contributed by atoms with Gasteiger partial charge in [-0.2, -0.15) is 5.10 Å². The fourth-order valence-corrected chi connectivity index (χ4v) is 6.15. The summed E-state index contributed by atoms with van der Waals surface area (Å²) in [5, 5.41) is 8.42. The molecule has 0 radical (unpaired) electrons. The average Bonchev–Trinajstić information content (AvgIpc) is 3.10. The van der Waals surface area contributed by atoms with Crippen LogP contribution in [0.2, 0.25) is 0 Å². The highest BCUT2D eigenvalue weighted by molar-refractivity contribution is 5.54. The van der Waals surface area contributed by atoms with Crippen LogP contribution in [0.4, 0.5) is 13.2 Å². The summed E-state index contributed by atoms with van der Waals surface area (Å²) in [4.78, 5) is 0. The Morgan fingerprint density at radius 2 is 1.76 bits per heavy atom. The van der Waals surface area contributed by atoms with Crippen molar-refractivity contribution in [1.29, 1.82) is 0 Å². The number of hydrogen-bond donors (Lipinski definition) is 1. The lowest BCUT2D eigenvalue weighted by Crippen LogP contribution is -2.31. The zero-order chi connectivity index (χ0) is 25.8. The van der Waals surface area contributed by atoms with E-state index in [-0.39, 0.29) is 17.4 Å². The molecule has 1 aromatic heterocycles. The predicted molar refractivity (Wildman–Crippen MR) is 142 cm³/mol. The normalized spacial score (nSPS) is 19.5. The SMILES string of the molecule is C[C@H](N/C=C/c1nn(-c2ccc(F)cc2F)c2c1CCCCC2Cc1cccc(F)c1)C1CCCCC1. The number of fused-ring (bicyclic) bond motifs is 1. The van der Waals surface area contributed by atoms with Crippen LogP contribution in [0.3, 0.4) is 0 Å². The van der Waals surface area contributed by atoms with Gasteiger partial charge in [-0.3, -0.25) is 0 Å². The molecule has 0 bridgehead atoms. The van der Waals surface area contributed by atoms with Gasteiger partial charge in [0.1, 0.15) is 17.3 Å². The zero-order valence-electron chi connectivity index (χ0n) is 21.5. The summed E-state index contributed by atoms with van der Waals surface area (Å²) in [6.07, 6.45) is 14.9. The Labute approximate surface area is 217 Å². The van der Waals surface area contributed by atoms with Gasteiger partial charge in [-0.05, 0) is 93.5 Å². The van der Waals surface area contributed by atoms with Gasteiger partial charge in [-0.15, -0.1) is 0 Å². The molecule has 2 aliphatic rings. The lowest BCUT2D eigenvalue weighted by atomic mass is 9.85. The number of nitrogens with zero attached hydrogens (tertiary/aromatic N) is 2. The fourth-order valence-electron chi connectivity index (χ4n) is 6.15. The number of halogens is 3. The first-order valence-corrected chi connectivity index (χ1v) is 13.7. The molecular formula is C31H36F3N3. The van der Waals surface area contributed by atoms with Gasteiger partial charge in [0.2, 0.25) is 0 Å². The van der Waals surface area contributed by atoms with Gasteiger partial charge in [0.15, 0.2) is 5.82 Å². The second-order valence-electron chi connectivity index (χ2n) is 10.7. The van der Waals surface area contributed by atoms with Gasteiger partial charge >= 0.3 is 0 Å². The van der Waals surface area contributed by atoms with Crippen LogP contribution in [-0.4, -0.2) is 15.8 Å². The molecule has 1 unspecified atom stereocenters. The number of nitrogens with one attached hydrogen (secondary N) is 1. The van der Waals surface area contributed by atoms with Crippen LogP contribution in [0.5, 0.6) is 0 Å². The predicted octanol–water partition coefficient (Wildman–Crippen LogP) is 7.87. The number of rotatable bonds is 7. The van der Waals surface area contributed by atoms with Crippen molar-refractivity contribution in [2.45, 2.75) is 83.1 Å². The zero-order valence-corrected chi connectivity index (χ0v) is 21.5. The number of aromatic nitrogens is 2. The Bertz CT molecular complexity index is 1240. The molecule has 1 N–H and O–H groups in total. The molecule has 0 spiro atoms. The molecule has 1 saturated carbocycles. The van der Waals surface area contributed by atoms with Gasteiger partial charge in [0.25, 0.3) is 0 Å². The van der Waals surface area contributed by atoms with E-state index in [0.717, 1.165) is 54.3 Å². The van der Waals surface area contributed by atoms with Crippen molar-refractivity contribution in [3.63, 3.8) is 0 Å². The largest absolute Gasteiger partial charge is 0.388 e. The quantitative estimate of drug-likeness (QED) is 0.330. The van der Waals surface area contributed by atoms with E-state index in [9.17, 15) is 8.78 Å². The van der Waals surface area contributed by atoms with E-state index in [1.807, 2.05) is 18.3 Å². The third-order valence-corrected chi connectivity index (χ3v) is 8.14. The van der Waals surface area contributed by atoms with Gasteiger partial charge in [0, 0.05) is 23.6 Å². The van der Waals surface area contributed by atoms with E-state index < -0.39 is 11.6 Å². The van der Waals surface area contributed by atoms with Crippen LogP contribution in [0.1, 0.15) is 86.7 Å². The average molecular weight is 508 g/mol. The first-order valence-electron chi connectivity index (χ1n) is 13.7.